The molecule has 0 aliphatic carbocycles. The molecular formula is C13H19N3O2. The smallest absolute Gasteiger partial charge is 0.259 e. The van der Waals surface area contributed by atoms with Crippen molar-refractivity contribution in [2.45, 2.75) is 19.8 Å². The summed E-state index contributed by atoms with van der Waals surface area (Å²) in [6.45, 7) is 3.84. The molecule has 0 radical (unpaired) electrons. The summed E-state index contributed by atoms with van der Waals surface area (Å²) >= 11 is 0. The lowest BCUT2D eigenvalue weighted by atomic mass is 9.97. The van der Waals surface area contributed by atoms with Gasteiger partial charge in [0.25, 0.3) is 5.91 Å². The van der Waals surface area contributed by atoms with Crippen LogP contribution in [0.3, 0.4) is 0 Å². The van der Waals surface area contributed by atoms with Crippen LogP contribution in [0.4, 0.5) is 0 Å². The number of rotatable bonds is 2. The van der Waals surface area contributed by atoms with Crippen LogP contribution in [0.5, 0.6) is 0 Å². The van der Waals surface area contributed by atoms with Gasteiger partial charge in [-0.25, -0.2) is 0 Å². The number of aromatic nitrogens is 1. The van der Waals surface area contributed by atoms with E-state index in [9.17, 15) is 9.59 Å². The second-order valence-electron chi connectivity index (χ2n) is 4.87. The summed E-state index contributed by atoms with van der Waals surface area (Å²) in [6, 6.07) is 1.46. The Labute approximate surface area is 106 Å². The predicted octanol–water partition coefficient (Wildman–Crippen LogP) is 0.494. The number of carbonyl (C=O) groups is 1. The van der Waals surface area contributed by atoms with Gasteiger partial charge in [-0.3, -0.25) is 9.59 Å². The Morgan fingerprint density at radius 1 is 1.50 bits per heavy atom. The number of nitrogens with one attached hydrogen (secondary N) is 1. The molecule has 1 aliphatic rings. The highest BCUT2D eigenvalue weighted by atomic mass is 16.2. The Balaban J connectivity index is 2.10. The molecule has 2 rings (SSSR count). The van der Waals surface area contributed by atoms with Gasteiger partial charge in [0, 0.05) is 31.0 Å². The van der Waals surface area contributed by atoms with Crippen molar-refractivity contribution in [3.8, 4) is 0 Å². The molecule has 1 saturated heterocycles. The molecule has 98 valence electrons. The fourth-order valence-electron chi connectivity index (χ4n) is 2.28. The van der Waals surface area contributed by atoms with Crippen LogP contribution in [-0.2, 0) is 0 Å². The van der Waals surface area contributed by atoms with E-state index in [1.807, 2.05) is 0 Å². The fraction of sp³-hybridized carbons (Fsp3) is 0.538. The third kappa shape index (κ3) is 2.61. The number of piperidine rings is 1. The van der Waals surface area contributed by atoms with E-state index in [1.165, 1.54) is 12.3 Å². The molecule has 0 spiro atoms. The SMILES string of the molecule is Cc1cc(=O)c(C(=O)N2CCC(CN)CC2)c[nH]1. The second-order valence-corrected chi connectivity index (χ2v) is 4.87. The maximum absolute atomic E-state index is 12.2. The number of pyridine rings is 1. The maximum Gasteiger partial charge on any atom is 0.259 e. The number of amides is 1. The van der Waals surface area contributed by atoms with Crippen molar-refractivity contribution in [3.05, 3.63) is 33.7 Å². The number of likely N-dealkylation sites (tertiary alicyclic amines) is 1. The van der Waals surface area contributed by atoms with Crippen molar-refractivity contribution < 1.29 is 4.79 Å². The van der Waals surface area contributed by atoms with Crippen molar-refractivity contribution >= 4 is 5.91 Å². The van der Waals surface area contributed by atoms with E-state index in [1.54, 1.807) is 11.8 Å². The minimum atomic E-state index is -0.211. The van der Waals surface area contributed by atoms with Crippen LogP contribution in [-0.4, -0.2) is 35.4 Å². The highest BCUT2D eigenvalue weighted by Crippen LogP contribution is 2.17. The lowest BCUT2D eigenvalue weighted by Gasteiger charge is -2.31. The van der Waals surface area contributed by atoms with Gasteiger partial charge in [-0.2, -0.15) is 0 Å². The molecule has 2 heterocycles. The lowest BCUT2D eigenvalue weighted by molar-refractivity contribution is 0.0691. The van der Waals surface area contributed by atoms with Gasteiger partial charge < -0.3 is 15.6 Å². The van der Waals surface area contributed by atoms with Gasteiger partial charge in [0.05, 0.1) is 0 Å². The number of aromatic amines is 1. The number of hydrogen-bond acceptors (Lipinski definition) is 3. The summed E-state index contributed by atoms with van der Waals surface area (Å²) in [6.07, 6.45) is 3.35. The molecule has 1 aliphatic heterocycles. The molecule has 3 N–H and O–H groups in total. The van der Waals surface area contributed by atoms with Gasteiger partial charge in [0.15, 0.2) is 5.43 Å². The van der Waals surface area contributed by atoms with Crippen LogP contribution in [0, 0.1) is 12.8 Å². The normalized spacial score (nSPS) is 16.9. The molecule has 1 aromatic heterocycles. The average molecular weight is 249 g/mol. The van der Waals surface area contributed by atoms with Gasteiger partial charge in [0.2, 0.25) is 0 Å². The Kier molecular flexibility index (Phi) is 3.81. The molecule has 0 bridgehead atoms. The first kappa shape index (κ1) is 12.8. The molecular weight excluding hydrogens is 230 g/mol. The molecule has 0 saturated carbocycles. The third-order valence-corrected chi connectivity index (χ3v) is 3.52. The molecule has 0 unspecified atom stereocenters. The molecule has 0 atom stereocenters. The topological polar surface area (TPSA) is 79.2 Å². The molecule has 1 aromatic rings. The van der Waals surface area contributed by atoms with E-state index in [0.29, 0.717) is 25.6 Å². The average Bonchev–Trinajstić information content (AvgIpc) is 2.38. The number of nitrogens with two attached hydrogens (primary N) is 1. The fourth-order valence-corrected chi connectivity index (χ4v) is 2.28. The first-order valence-electron chi connectivity index (χ1n) is 6.30. The summed E-state index contributed by atoms with van der Waals surface area (Å²) in [5.41, 5.74) is 6.40. The van der Waals surface area contributed by atoms with Crippen LogP contribution in [0.25, 0.3) is 0 Å². The second kappa shape index (κ2) is 5.35. The van der Waals surface area contributed by atoms with E-state index in [2.05, 4.69) is 4.98 Å². The molecule has 1 fully saturated rings. The third-order valence-electron chi connectivity index (χ3n) is 3.52. The van der Waals surface area contributed by atoms with E-state index >= 15 is 0 Å². The van der Waals surface area contributed by atoms with Crippen LogP contribution in [0.2, 0.25) is 0 Å². The van der Waals surface area contributed by atoms with Crippen LogP contribution >= 0.6 is 0 Å². The minimum absolute atomic E-state index is 0.174. The molecule has 18 heavy (non-hydrogen) atoms. The first-order chi connectivity index (χ1) is 8.61. The molecule has 1 amide bonds. The highest BCUT2D eigenvalue weighted by molar-refractivity contribution is 5.93. The number of nitrogens with zero attached hydrogens (tertiary/aromatic N) is 1. The van der Waals surface area contributed by atoms with E-state index in [4.69, 9.17) is 5.73 Å². The molecule has 5 nitrogen and oxygen atoms in total. The zero-order chi connectivity index (χ0) is 13.1. The van der Waals surface area contributed by atoms with Crippen LogP contribution in [0.1, 0.15) is 28.9 Å². The predicted molar refractivity (Wildman–Crippen MR) is 69.5 cm³/mol. The van der Waals surface area contributed by atoms with Gasteiger partial charge >= 0.3 is 0 Å². The zero-order valence-corrected chi connectivity index (χ0v) is 10.6. The van der Waals surface area contributed by atoms with Crippen molar-refractivity contribution in [2.75, 3.05) is 19.6 Å². The summed E-state index contributed by atoms with van der Waals surface area (Å²) in [5, 5.41) is 0. The lowest BCUT2D eigenvalue weighted by Crippen LogP contribution is -2.41. The number of carbonyl (C=O) groups excluding carboxylic acids is 1. The van der Waals surface area contributed by atoms with Crippen LogP contribution < -0.4 is 11.2 Å². The number of aryl methyl sites for hydroxylation is 1. The highest BCUT2D eigenvalue weighted by Gasteiger charge is 2.24. The van der Waals surface area contributed by atoms with Gasteiger partial charge in [0.1, 0.15) is 5.56 Å². The largest absolute Gasteiger partial charge is 0.364 e. The van der Waals surface area contributed by atoms with E-state index in [0.717, 1.165) is 18.5 Å². The minimum Gasteiger partial charge on any atom is -0.364 e. The Morgan fingerprint density at radius 3 is 2.72 bits per heavy atom. The standard InChI is InChI=1S/C13H19N3O2/c1-9-6-12(17)11(8-15-9)13(18)16-4-2-10(7-14)3-5-16/h6,8,10H,2-5,7,14H2,1H3,(H,15,17). The summed E-state index contributed by atoms with van der Waals surface area (Å²) in [5.74, 6) is 0.331. The van der Waals surface area contributed by atoms with Gasteiger partial charge in [-0.1, -0.05) is 0 Å². The zero-order valence-electron chi connectivity index (χ0n) is 10.6. The summed E-state index contributed by atoms with van der Waals surface area (Å²) < 4.78 is 0. The monoisotopic (exact) mass is 249 g/mol. The first-order valence-corrected chi connectivity index (χ1v) is 6.30. The summed E-state index contributed by atoms with van der Waals surface area (Å²) in [7, 11) is 0. The quantitative estimate of drug-likeness (QED) is 0.800. The molecule has 5 heteroatoms. The number of H-pyrrole nitrogens is 1. The van der Waals surface area contributed by atoms with E-state index in [-0.39, 0.29) is 16.9 Å². The van der Waals surface area contributed by atoms with Gasteiger partial charge in [-0.15, -0.1) is 0 Å². The Morgan fingerprint density at radius 2 is 2.17 bits per heavy atom. The number of hydrogen-bond donors (Lipinski definition) is 2. The van der Waals surface area contributed by atoms with Crippen LogP contribution in [0.15, 0.2) is 17.1 Å². The maximum atomic E-state index is 12.2. The van der Waals surface area contributed by atoms with Crippen molar-refractivity contribution in [1.29, 1.82) is 0 Å². The molecule has 0 aromatic carbocycles. The van der Waals surface area contributed by atoms with Gasteiger partial charge in [-0.05, 0) is 32.2 Å². The van der Waals surface area contributed by atoms with E-state index < -0.39 is 0 Å². The van der Waals surface area contributed by atoms with Crippen molar-refractivity contribution in [3.63, 3.8) is 0 Å². The van der Waals surface area contributed by atoms with Crippen molar-refractivity contribution in [1.82, 2.24) is 9.88 Å². The Hall–Kier alpha value is -1.62. The summed E-state index contributed by atoms with van der Waals surface area (Å²) in [4.78, 5) is 28.6. The Bertz CT molecular complexity index is 487. The van der Waals surface area contributed by atoms with Crippen molar-refractivity contribution in [2.24, 2.45) is 11.7 Å².